The highest BCUT2D eigenvalue weighted by atomic mass is 32.2. The molecule has 0 radical (unpaired) electrons. The summed E-state index contributed by atoms with van der Waals surface area (Å²) in [4.78, 5) is 11.0. The summed E-state index contributed by atoms with van der Waals surface area (Å²) in [7, 11) is -3.98. The molecule has 1 fully saturated rings. The van der Waals surface area contributed by atoms with Crippen LogP contribution in [0.25, 0.3) is 0 Å². The molecule has 110 valence electrons. The maximum Gasteiger partial charge on any atom is 0.322 e. The molecule has 1 aromatic rings. The van der Waals surface area contributed by atoms with Crippen molar-refractivity contribution in [1.29, 1.82) is 0 Å². The third-order valence-corrected chi connectivity index (χ3v) is 5.39. The van der Waals surface area contributed by atoms with Crippen LogP contribution in [-0.4, -0.2) is 36.4 Å². The minimum Gasteiger partial charge on any atom is -0.480 e. The summed E-state index contributed by atoms with van der Waals surface area (Å²) in [5.74, 6) is -1.78. The molecular weight excluding hydrogens is 285 g/mol. The van der Waals surface area contributed by atoms with Gasteiger partial charge in [0.25, 0.3) is 0 Å². The zero-order chi connectivity index (χ0) is 14.9. The van der Waals surface area contributed by atoms with Crippen molar-refractivity contribution in [3.8, 4) is 0 Å². The summed E-state index contributed by atoms with van der Waals surface area (Å²) >= 11 is 0. The monoisotopic (exact) mass is 301 g/mol. The summed E-state index contributed by atoms with van der Waals surface area (Å²) in [6.45, 7) is 1.68. The number of hydrogen-bond acceptors (Lipinski definition) is 3. The molecule has 1 N–H and O–H groups in total. The van der Waals surface area contributed by atoms with Crippen molar-refractivity contribution >= 4 is 16.0 Å². The summed E-state index contributed by atoms with van der Waals surface area (Å²) in [5.41, 5.74) is 0.345. The van der Waals surface area contributed by atoms with E-state index in [0.29, 0.717) is 18.4 Å². The van der Waals surface area contributed by atoms with Crippen LogP contribution in [0.15, 0.2) is 23.1 Å². The average molecular weight is 301 g/mol. The fraction of sp³-hybridized carbons (Fsp3) is 0.462. The summed E-state index contributed by atoms with van der Waals surface area (Å²) in [6, 6.07) is 2.56. The molecule has 0 amide bonds. The van der Waals surface area contributed by atoms with E-state index in [-0.39, 0.29) is 17.9 Å². The lowest BCUT2D eigenvalue weighted by Crippen LogP contribution is -2.47. The number of piperidine rings is 1. The molecule has 1 aliphatic heterocycles. The number of carbonyl (C=O) groups is 1. The topological polar surface area (TPSA) is 74.7 Å². The van der Waals surface area contributed by atoms with E-state index < -0.39 is 27.9 Å². The number of benzene rings is 1. The largest absolute Gasteiger partial charge is 0.480 e. The van der Waals surface area contributed by atoms with Gasteiger partial charge in [0.1, 0.15) is 11.9 Å². The second-order valence-corrected chi connectivity index (χ2v) is 6.77. The van der Waals surface area contributed by atoms with Gasteiger partial charge in [-0.2, -0.15) is 4.31 Å². The molecular formula is C13H16FNO4S. The van der Waals surface area contributed by atoms with Crippen LogP contribution in [0.3, 0.4) is 0 Å². The number of aliphatic carboxylic acids is 1. The minimum atomic E-state index is -3.98. The molecule has 0 bridgehead atoms. The summed E-state index contributed by atoms with van der Waals surface area (Å²) in [5, 5.41) is 9.14. The lowest BCUT2D eigenvalue weighted by molar-refractivity contribution is -0.142. The molecule has 20 heavy (non-hydrogen) atoms. The normalized spacial score (nSPS) is 20.8. The van der Waals surface area contributed by atoms with Gasteiger partial charge in [-0.05, 0) is 43.9 Å². The standard InChI is InChI=1S/C13H16FNO4S/c1-9-5-6-10(8-11(9)14)20(18,19)15-7-3-2-4-12(15)13(16)17/h5-6,8,12H,2-4,7H2,1H3,(H,16,17)/t12-/m1/s1. The number of hydrogen-bond donors (Lipinski definition) is 1. The van der Waals surface area contributed by atoms with Crippen LogP contribution < -0.4 is 0 Å². The van der Waals surface area contributed by atoms with E-state index in [4.69, 9.17) is 5.11 Å². The van der Waals surface area contributed by atoms with Crippen molar-refractivity contribution in [2.24, 2.45) is 0 Å². The van der Waals surface area contributed by atoms with Gasteiger partial charge in [0.15, 0.2) is 0 Å². The SMILES string of the molecule is Cc1ccc(S(=O)(=O)N2CCCC[C@@H]2C(=O)O)cc1F. The molecule has 2 rings (SSSR count). The van der Waals surface area contributed by atoms with Crippen molar-refractivity contribution in [2.75, 3.05) is 6.54 Å². The van der Waals surface area contributed by atoms with Crippen LogP contribution in [0.4, 0.5) is 4.39 Å². The predicted octanol–water partition coefficient (Wildman–Crippen LogP) is 1.76. The van der Waals surface area contributed by atoms with Crippen LogP contribution >= 0.6 is 0 Å². The van der Waals surface area contributed by atoms with E-state index in [1.165, 1.54) is 19.1 Å². The molecule has 0 saturated carbocycles. The smallest absolute Gasteiger partial charge is 0.322 e. The van der Waals surface area contributed by atoms with Gasteiger partial charge in [-0.1, -0.05) is 6.07 Å². The molecule has 1 heterocycles. The number of rotatable bonds is 3. The van der Waals surface area contributed by atoms with Gasteiger partial charge in [0, 0.05) is 6.54 Å². The van der Waals surface area contributed by atoms with Crippen LogP contribution in [0, 0.1) is 12.7 Å². The Morgan fingerprint density at radius 3 is 2.70 bits per heavy atom. The van der Waals surface area contributed by atoms with E-state index in [1.54, 1.807) is 0 Å². The molecule has 0 unspecified atom stereocenters. The first-order valence-electron chi connectivity index (χ1n) is 6.35. The number of halogens is 1. The number of aryl methyl sites for hydroxylation is 1. The lowest BCUT2D eigenvalue weighted by atomic mass is 10.1. The van der Waals surface area contributed by atoms with Gasteiger partial charge >= 0.3 is 5.97 Å². The highest BCUT2D eigenvalue weighted by Crippen LogP contribution is 2.26. The van der Waals surface area contributed by atoms with Gasteiger partial charge in [0.05, 0.1) is 4.90 Å². The minimum absolute atomic E-state index is 0.148. The number of carboxylic acids is 1. The average Bonchev–Trinajstić information content (AvgIpc) is 2.41. The first-order valence-corrected chi connectivity index (χ1v) is 7.79. The van der Waals surface area contributed by atoms with E-state index >= 15 is 0 Å². The van der Waals surface area contributed by atoms with Crippen LogP contribution in [0.5, 0.6) is 0 Å². The van der Waals surface area contributed by atoms with Gasteiger partial charge in [0.2, 0.25) is 10.0 Å². The molecule has 0 spiro atoms. The third-order valence-electron chi connectivity index (χ3n) is 3.49. The fourth-order valence-electron chi connectivity index (χ4n) is 2.31. The van der Waals surface area contributed by atoms with Gasteiger partial charge < -0.3 is 5.11 Å². The van der Waals surface area contributed by atoms with Crippen LogP contribution in [0.1, 0.15) is 24.8 Å². The second kappa shape index (κ2) is 5.49. The van der Waals surface area contributed by atoms with Crippen LogP contribution in [-0.2, 0) is 14.8 Å². The highest BCUT2D eigenvalue weighted by Gasteiger charge is 2.37. The Hall–Kier alpha value is -1.47. The van der Waals surface area contributed by atoms with Crippen LogP contribution in [0.2, 0.25) is 0 Å². The first-order chi connectivity index (χ1) is 9.34. The Labute approximate surface area is 117 Å². The van der Waals surface area contributed by atoms with Gasteiger partial charge in [-0.15, -0.1) is 0 Å². The molecule has 7 heteroatoms. The zero-order valence-electron chi connectivity index (χ0n) is 11.0. The van der Waals surface area contributed by atoms with E-state index in [0.717, 1.165) is 10.4 Å². The van der Waals surface area contributed by atoms with Crippen molar-refractivity contribution in [3.05, 3.63) is 29.6 Å². The number of carboxylic acid groups (broad SMARTS) is 1. The Bertz CT molecular complexity index is 629. The molecule has 0 aromatic heterocycles. The lowest BCUT2D eigenvalue weighted by Gasteiger charge is -2.31. The van der Waals surface area contributed by atoms with Crippen molar-refractivity contribution in [3.63, 3.8) is 0 Å². The Morgan fingerprint density at radius 2 is 2.10 bits per heavy atom. The quantitative estimate of drug-likeness (QED) is 0.923. The predicted molar refractivity (Wildman–Crippen MR) is 70.3 cm³/mol. The van der Waals surface area contributed by atoms with E-state index in [2.05, 4.69) is 0 Å². The summed E-state index contributed by atoms with van der Waals surface area (Å²) < 4.78 is 39.4. The molecule has 1 atom stereocenters. The fourth-order valence-corrected chi connectivity index (χ4v) is 3.97. The molecule has 0 aliphatic carbocycles. The van der Waals surface area contributed by atoms with Gasteiger partial charge in [-0.25, -0.2) is 12.8 Å². The Balaban J connectivity index is 2.42. The maximum atomic E-state index is 13.5. The Morgan fingerprint density at radius 1 is 1.40 bits per heavy atom. The molecule has 1 aromatic carbocycles. The molecule has 1 saturated heterocycles. The maximum absolute atomic E-state index is 13.5. The Kier molecular flexibility index (Phi) is 4.10. The van der Waals surface area contributed by atoms with E-state index in [1.807, 2.05) is 0 Å². The zero-order valence-corrected chi connectivity index (χ0v) is 11.9. The van der Waals surface area contributed by atoms with E-state index in [9.17, 15) is 17.6 Å². The van der Waals surface area contributed by atoms with Crippen molar-refractivity contribution in [1.82, 2.24) is 4.31 Å². The summed E-state index contributed by atoms with van der Waals surface area (Å²) in [6.07, 6.45) is 1.56. The second-order valence-electron chi connectivity index (χ2n) is 4.88. The van der Waals surface area contributed by atoms with Crippen molar-refractivity contribution < 1.29 is 22.7 Å². The number of nitrogens with zero attached hydrogens (tertiary/aromatic N) is 1. The highest BCUT2D eigenvalue weighted by molar-refractivity contribution is 7.89. The number of sulfonamides is 1. The molecule has 1 aliphatic rings. The van der Waals surface area contributed by atoms with Crippen molar-refractivity contribution in [2.45, 2.75) is 37.1 Å². The first kappa shape index (κ1) is 14.9. The van der Waals surface area contributed by atoms with Gasteiger partial charge in [-0.3, -0.25) is 4.79 Å². The molecule has 5 nitrogen and oxygen atoms in total. The third kappa shape index (κ3) is 2.69.